The van der Waals surface area contributed by atoms with Crippen molar-refractivity contribution in [1.82, 2.24) is 10.2 Å². The van der Waals surface area contributed by atoms with Gasteiger partial charge < -0.3 is 20.4 Å². The summed E-state index contributed by atoms with van der Waals surface area (Å²) in [5.74, 6) is -4.52. The van der Waals surface area contributed by atoms with E-state index in [9.17, 15) is 29.4 Å². The molecule has 0 saturated carbocycles. The van der Waals surface area contributed by atoms with Gasteiger partial charge in [0, 0.05) is 25.1 Å². The van der Waals surface area contributed by atoms with E-state index in [1.54, 1.807) is 54.6 Å². The van der Waals surface area contributed by atoms with Crippen LogP contribution in [-0.4, -0.2) is 51.5 Å². The maximum absolute atomic E-state index is 12.5. The van der Waals surface area contributed by atoms with Crippen LogP contribution in [0.4, 0.5) is 0 Å². The second-order valence-corrected chi connectivity index (χ2v) is 9.92. The van der Waals surface area contributed by atoms with Crippen LogP contribution in [0.5, 0.6) is 0 Å². The number of carboxylic acid groups (broad SMARTS) is 2. The van der Waals surface area contributed by atoms with Gasteiger partial charge in [0.15, 0.2) is 0 Å². The third kappa shape index (κ3) is 11.7. The Morgan fingerprint density at radius 3 is 1.85 bits per heavy atom. The number of carbonyl (C=O) groups is 4. The predicted octanol–water partition coefficient (Wildman–Crippen LogP) is 5.45. The summed E-state index contributed by atoms with van der Waals surface area (Å²) < 4.78 is 0. The van der Waals surface area contributed by atoms with Gasteiger partial charge >= 0.3 is 17.8 Å². The van der Waals surface area contributed by atoms with Crippen LogP contribution in [0.1, 0.15) is 92.6 Å². The first kappa shape index (κ1) is 31.5. The Morgan fingerprint density at radius 1 is 0.744 bits per heavy atom. The van der Waals surface area contributed by atoms with Crippen molar-refractivity contribution in [3.63, 3.8) is 0 Å². The highest BCUT2D eigenvalue weighted by molar-refractivity contribution is 6.31. The molecule has 0 radical (unpaired) electrons. The van der Waals surface area contributed by atoms with Crippen LogP contribution in [0, 0.1) is 0 Å². The van der Waals surface area contributed by atoms with Crippen molar-refractivity contribution >= 4 is 23.8 Å². The Kier molecular flexibility index (Phi) is 14.4. The molecular formula is C31H42N2O6. The van der Waals surface area contributed by atoms with Gasteiger partial charge in [-0.15, -0.1) is 0 Å². The summed E-state index contributed by atoms with van der Waals surface area (Å²) in [4.78, 5) is 49.3. The van der Waals surface area contributed by atoms with Gasteiger partial charge in [-0.3, -0.25) is 9.59 Å². The van der Waals surface area contributed by atoms with Crippen molar-refractivity contribution in [2.45, 2.75) is 90.1 Å². The summed E-state index contributed by atoms with van der Waals surface area (Å²) in [5.41, 5.74) is 1.64. The number of hydrogen-bond acceptors (Lipinski definition) is 4. The van der Waals surface area contributed by atoms with Crippen molar-refractivity contribution < 1.29 is 29.4 Å². The molecule has 0 fully saturated rings. The van der Waals surface area contributed by atoms with E-state index in [0.29, 0.717) is 23.2 Å². The first-order valence-corrected chi connectivity index (χ1v) is 14.0. The Morgan fingerprint density at radius 2 is 1.31 bits per heavy atom. The second-order valence-electron chi connectivity index (χ2n) is 9.92. The molecule has 0 aromatic heterocycles. The summed E-state index contributed by atoms with van der Waals surface area (Å²) in [6, 6.07) is 13.8. The van der Waals surface area contributed by atoms with Crippen LogP contribution in [-0.2, 0) is 27.3 Å². The van der Waals surface area contributed by atoms with Gasteiger partial charge in [-0.1, -0.05) is 107 Å². The number of unbranched alkanes of at least 4 members (excludes halogenated alkanes) is 9. The molecule has 2 aromatic carbocycles. The standard InChI is InChI=1S/C31H42N2O6/c1-2-3-4-5-6-7-8-9-10-14-21-32-28(34)26-19-17-25(18-20-26)23-33(29(35)31(38)39)27(30(36)37)22-24-15-12-11-13-16-24/h11-13,15-20,27H,2-10,14,21-23H2,1H3,(H,32,34)(H,36,37)(H,38,39)/t27-/m0/s1. The fraction of sp³-hybridized carbons (Fsp3) is 0.484. The summed E-state index contributed by atoms with van der Waals surface area (Å²) in [7, 11) is 0. The molecule has 3 N–H and O–H groups in total. The molecule has 39 heavy (non-hydrogen) atoms. The van der Waals surface area contributed by atoms with Crippen LogP contribution in [0.3, 0.4) is 0 Å². The minimum atomic E-state index is -1.72. The van der Waals surface area contributed by atoms with Crippen molar-refractivity contribution in [1.29, 1.82) is 0 Å². The molecule has 2 rings (SSSR count). The SMILES string of the molecule is CCCCCCCCCCCCNC(=O)c1ccc(CN(C(=O)C(=O)O)[C@@H](Cc2ccccc2)C(=O)O)cc1. The number of carbonyl (C=O) groups excluding carboxylic acids is 2. The summed E-state index contributed by atoms with van der Waals surface area (Å²) in [6.07, 6.45) is 12.2. The number of nitrogens with zero attached hydrogens (tertiary/aromatic N) is 1. The fourth-order valence-electron chi connectivity index (χ4n) is 4.49. The zero-order valence-electron chi connectivity index (χ0n) is 22.9. The molecule has 8 heteroatoms. The molecule has 212 valence electrons. The zero-order chi connectivity index (χ0) is 28.5. The number of amides is 2. The Labute approximate surface area is 231 Å². The van der Waals surface area contributed by atoms with Crippen molar-refractivity contribution in [3.8, 4) is 0 Å². The molecule has 8 nitrogen and oxygen atoms in total. The monoisotopic (exact) mass is 538 g/mol. The lowest BCUT2D eigenvalue weighted by Crippen LogP contribution is -2.48. The van der Waals surface area contributed by atoms with Gasteiger partial charge in [0.05, 0.1) is 0 Å². The quantitative estimate of drug-likeness (QED) is 0.171. The van der Waals surface area contributed by atoms with Gasteiger partial charge in [0.25, 0.3) is 5.91 Å². The molecule has 0 bridgehead atoms. The normalized spacial score (nSPS) is 11.5. The van der Waals surface area contributed by atoms with Crippen molar-refractivity contribution in [3.05, 3.63) is 71.3 Å². The van der Waals surface area contributed by atoms with E-state index in [2.05, 4.69) is 12.2 Å². The van der Waals surface area contributed by atoms with E-state index in [4.69, 9.17) is 0 Å². The Hall–Kier alpha value is -3.68. The number of hydrogen-bond donors (Lipinski definition) is 3. The highest BCUT2D eigenvalue weighted by atomic mass is 16.4. The lowest BCUT2D eigenvalue weighted by Gasteiger charge is -2.28. The number of aliphatic carboxylic acids is 2. The third-order valence-corrected chi connectivity index (χ3v) is 6.76. The van der Waals surface area contributed by atoms with E-state index in [-0.39, 0.29) is 18.9 Å². The average Bonchev–Trinajstić information content (AvgIpc) is 2.93. The number of carboxylic acids is 2. The molecule has 0 spiro atoms. The van der Waals surface area contributed by atoms with Gasteiger partial charge in [-0.2, -0.15) is 0 Å². The molecule has 0 aliphatic carbocycles. The minimum Gasteiger partial charge on any atom is -0.480 e. The minimum absolute atomic E-state index is 0.0331. The topological polar surface area (TPSA) is 124 Å². The smallest absolute Gasteiger partial charge is 0.394 e. The zero-order valence-corrected chi connectivity index (χ0v) is 22.9. The maximum Gasteiger partial charge on any atom is 0.394 e. The number of benzene rings is 2. The lowest BCUT2D eigenvalue weighted by atomic mass is 10.0. The first-order chi connectivity index (χ1) is 18.8. The number of rotatable bonds is 18. The number of nitrogens with one attached hydrogen (secondary N) is 1. The van der Waals surface area contributed by atoms with E-state index in [1.165, 1.54) is 51.4 Å². The van der Waals surface area contributed by atoms with E-state index < -0.39 is 23.9 Å². The third-order valence-electron chi connectivity index (χ3n) is 6.76. The van der Waals surface area contributed by atoms with E-state index in [1.807, 2.05) is 0 Å². The molecule has 0 aliphatic rings. The van der Waals surface area contributed by atoms with Crippen LogP contribution >= 0.6 is 0 Å². The largest absolute Gasteiger partial charge is 0.480 e. The first-order valence-electron chi connectivity index (χ1n) is 14.0. The lowest BCUT2D eigenvalue weighted by molar-refractivity contribution is -0.161. The highest BCUT2D eigenvalue weighted by Crippen LogP contribution is 2.16. The average molecular weight is 539 g/mol. The molecule has 0 unspecified atom stereocenters. The van der Waals surface area contributed by atoms with Gasteiger partial charge in [-0.05, 0) is 29.7 Å². The summed E-state index contributed by atoms with van der Waals surface area (Å²) in [6.45, 7) is 2.61. The summed E-state index contributed by atoms with van der Waals surface area (Å²) in [5, 5.41) is 22.0. The van der Waals surface area contributed by atoms with Crippen LogP contribution in [0.25, 0.3) is 0 Å². The second kappa shape index (κ2) is 17.8. The Balaban J connectivity index is 1.86. The van der Waals surface area contributed by atoms with Crippen molar-refractivity contribution in [2.75, 3.05) is 6.54 Å². The van der Waals surface area contributed by atoms with Crippen molar-refractivity contribution in [2.24, 2.45) is 0 Å². The molecular weight excluding hydrogens is 496 g/mol. The molecule has 0 saturated heterocycles. The van der Waals surface area contributed by atoms with Crippen LogP contribution < -0.4 is 5.32 Å². The highest BCUT2D eigenvalue weighted by Gasteiger charge is 2.33. The summed E-state index contributed by atoms with van der Waals surface area (Å²) >= 11 is 0. The van der Waals surface area contributed by atoms with E-state index >= 15 is 0 Å². The van der Waals surface area contributed by atoms with Gasteiger partial charge in [-0.25, -0.2) is 9.59 Å². The molecule has 2 aromatic rings. The maximum atomic E-state index is 12.5. The van der Waals surface area contributed by atoms with Crippen LogP contribution in [0.2, 0.25) is 0 Å². The molecule has 2 amide bonds. The molecule has 0 aliphatic heterocycles. The van der Waals surface area contributed by atoms with Gasteiger partial charge in [0.2, 0.25) is 0 Å². The van der Waals surface area contributed by atoms with E-state index in [0.717, 1.165) is 17.7 Å². The predicted molar refractivity (Wildman–Crippen MR) is 150 cm³/mol. The fourth-order valence-corrected chi connectivity index (χ4v) is 4.49. The van der Waals surface area contributed by atoms with Gasteiger partial charge in [0.1, 0.15) is 6.04 Å². The molecule has 0 heterocycles. The Bertz CT molecular complexity index is 1040. The molecule has 1 atom stereocenters. The van der Waals surface area contributed by atoms with Crippen LogP contribution in [0.15, 0.2) is 54.6 Å².